The van der Waals surface area contributed by atoms with Gasteiger partial charge in [0.2, 0.25) is 10.0 Å². The van der Waals surface area contributed by atoms with E-state index >= 15 is 0 Å². The predicted octanol–water partition coefficient (Wildman–Crippen LogP) is 0.475. The molecule has 1 rings (SSSR count). The zero-order chi connectivity index (χ0) is 15.2. The van der Waals surface area contributed by atoms with E-state index in [1.165, 1.54) is 12.1 Å². The van der Waals surface area contributed by atoms with Crippen molar-refractivity contribution in [2.75, 3.05) is 17.1 Å². The molecular weight excluding hydrogens is 288 g/mol. The summed E-state index contributed by atoms with van der Waals surface area (Å²) in [6.07, 6.45) is 0.829. The molecule has 1 heterocycles. The molecule has 8 nitrogen and oxygen atoms in total. The Bertz CT molecular complexity index is 581. The van der Waals surface area contributed by atoms with E-state index in [1.54, 1.807) is 6.92 Å². The number of esters is 1. The van der Waals surface area contributed by atoms with E-state index in [-0.39, 0.29) is 24.4 Å². The highest BCUT2D eigenvalue weighted by molar-refractivity contribution is 7.92. The van der Waals surface area contributed by atoms with E-state index in [9.17, 15) is 18.0 Å². The Kier molecular flexibility index (Phi) is 5.44. The molecule has 9 heteroatoms. The molecule has 0 aromatic carbocycles. The number of hydrogen-bond acceptors (Lipinski definition) is 6. The van der Waals surface area contributed by atoms with Crippen LogP contribution in [0.3, 0.4) is 0 Å². The smallest absolute Gasteiger partial charge is 0.354 e. The van der Waals surface area contributed by atoms with Gasteiger partial charge in [-0.1, -0.05) is 0 Å². The Hall–Kier alpha value is -2.16. The van der Waals surface area contributed by atoms with Gasteiger partial charge in [0.25, 0.3) is 0 Å². The van der Waals surface area contributed by atoms with E-state index in [4.69, 9.17) is 5.11 Å². The summed E-state index contributed by atoms with van der Waals surface area (Å²) in [6, 6.07) is 2.45. The number of nitrogens with zero attached hydrogens (tertiary/aromatic N) is 1. The van der Waals surface area contributed by atoms with Gasteiger partial charge in [0.15, 0.2) is 0 Å². The van der Waals surface area contributed by atoms with Gasteiger partial charge in [0, 0.05) is 0 Å². The van der Waals surface area contributed by atoms with Gasteiger partial charge in [-0.15, -0.1) is 0 Å². The van der Waals surface area contributed by atoms with Crippen molar-refractivity contribution in [3.05, 3.63) is 24.0 Å². The number of aromatic nitrogens is 1. The average molecular weight is 302 g/mol. The summed E-state index contributed by atoms with van der Waals surface area (Å²) < 4.78 is 30.1. The highest BCUT2D eigenvalue weighted by Crippen LogP contribution is 2.09. The second-order valence-corrected chi connectivity index (χ2v) is 5.56. The van der Waals surface area contributed by atoms with Gasteiger partial charge in [-0.3, -0.25) is 9.52 Å². The largest absolute Gasteiger partial charge is 0.477 e. The minimum Gasteiger partial charge on any atom is -0.477 e. The minimum absolute atomic E-state index is 0.124. The minimum atomic E-state index is -3.72. The third-order valence-corrected chi connectivity index (χ3v) is 3.42. The topological polar surface area (TPSA) is 123 Å². The van der Waals surface area contributed by atoms with Crippen LogP contribution in [0.2, 0.25) is 0 Å². The van der Waals surface area contributed by atoms with Crippen molar-refractivity contribution >= 4 is 27.6 Å². The van der Waals surface area contributed by atoms with Gasteiger partial charge in [0.1, 0.15) is 5.69 Å². The fraction of sp³-hybridized carbons (Fsp3) is 0.364. The number of aromatic carboxylic acids is 1. The monoisotopic (exact) mass is 302 g/mol. The van der Waals surface area contributed by atoms with Crippen molar-refractivity contribution in [2.45, 2.75) is 13.3 Å². The first-order valence-electron chi connectivity index (χ1n) is 5.69. The number of nitrogens with one attached hydrogen (secondary N) is 1. The maximum atomic E-state index is 11.7. The van der Waals surface area contributed by atoms with Gasteiger partial charge in [-0.25, -0.2) is 18.2 Å². The quantitative estimate of drug-likeness (QED) is 0.702. The maximum Gasteiger partial charge on any atom is 0.354 e. The highest BCUT2D eigenvalue weighted by Gasteiger charge is 2.14. The lowest BCUT2D eigenvalue weighted by molar-refractivity contribution is -0.142. The Morgan fingerprint density at radius 3 is 2.60 bits per heavy atom. The van der Waals surface area contributed by atoms with Gasteiger partial charge in [0.05, 0.1) is 30.7 Å². The average Bonchev–Trinajstić information content (AvgIpc) is 2.37. The van der Waals surface area contributed by atoms with Crippen LogP contribution in [0.25, 0.3) is 0 Å². The Balaban J connectivity index is 2.62. The first-order valence-corrected chi connectivity index (χ1v) is 7.34. The second-order valence-electron chi connectivity index (χ2n) is 3.71. The zero-order valence-corrected chi connectivity index (χ0v) is 11.5. The number of carbonyl (C=O) groups excluding carboxylic acids is 1. The van der Waals surface area contributed by atoms with Crippen LogP contribution in [0.15, 0.2) is 18.3 Å². The SMILES string of the molecule is CCOC(=O)CCS(=O)(=O)Nc1ccc(C(=O)O)nc1. The lowest BCUT2D eigenvalue weighted by Gasteiger charge is -2.07. The van der Waals surface area contributed by atoms with Crippen molar-refractivity contribution in [1.82, 2.24) is 4.98 Å². The summed E-state index contributed by atoms with van der Waals surface area (Å²) in [5.41, 5.74) is -0.0710. The molecule has 20 heavy (non-hydrogen) atoms. The van der Waals surface area contributed by atoms with Crippen LogP contribution < -0.4 is 4.72 Å². The molecule has 2 N–H and O–H groups in total. The molecule has 0 atom stereocenters. The van der Waals surface area contributed by atoms with Crippen LogP contribution in [-0.4, -0.2) is 42.8 Å². The maximum absolute atomic E-state index is 11.7. The molecule has 0 bridgehead atoms. The van der Waals surface area contributed by atoms with Gasteiger partial charge >= 0.3 is 11.9 Å². The number of carbonyl (C=O) groups is 2. The van der Waals surface area contributed by atoms with E-state index in [2.05, 4.69) is 14.4 Å². The number of pyridine rings is 1. The first kappa shape index (κ1) is 15.9. The second kappa shape index (κ2) is 6.85. The summed E-state index contributed by atoms with van der Waals surface area (Å²) in [6.45, 7) is 1.81. The molecule has 0 aliphatic heterocycles. The highest BCUT2D eigenvalue weighted by atomic mass is 32.2. The van der Waals surface area contributed by atoms with Crippen LogP contribution in [0.5, 0.6) is 0 Å². The van der Waals surface area contributed by atoms with Crippen LogP contribution in [0, 0.1) is 0 Å². The summed E-state index contributed by atoms with van der Waals surface area (Å²) in [4.78, 5) is 25.2. The standard InChI is InChI=1S/C11H14N2O6S/c1-2-19-10(14)5-6-20(17,18)13-8-3-4-9(11(15)16)12-7-8/h3-4,7,13H,2,5-6H2,1H3,(H,15,16). The number of anilines is 1. The van der Waals surface area contributed by atoms with Crippen molar-refractivity contribution < 1.29 is 27.9 Å². The van der Waals surface area contributed by atoms with Crippen LogP contribution in [-0.2, 0) is 19.6 Å². The molecule has 0 saturated heterocycles. The number of carboxylic acid groups (broad SMARTS) is 1. The van der Waals surface area contributed by atoms with Crippen LogP contribution >= 0.6 is 0 Å². The molecule has 0 amide bonds. The fourth-order valence-corrected chi connectivity index (χ4v) is 2.28. The molecule has 0 aliphatic rings. The van der Waals surface area contributed by atoms with E-state index in [1.807, 2.05) is 0 Å². The molecule has 1 aromatic heterocycles. The van der Waals surface area contributed by atoms with Crippen LogP contribution in [0.1, 0.15) is 23.8 Å². The number of carboxylic acids is 1. The van der Waals surface area contributed by atoms with Crippen molar-refractivity contribution in [3.63, 3.8) is 0 Å². The zero-order valence-electron chi connectivity index (χ0n) is 10.7. The lowest BCUT2D eigenvalue weighted by Crippen LogP contribution is -2.20. The number of sulfonamides is 1. The van der Waals surface area contributed by atoms with E-state index < -0.39 is 27.7 Å². The predicted molar refractivity (Wildman–Crippen MR) is 69.9 cm³/mol. The summed E-state index contributed by atoms with van der Waals surface area (Å²) in [5, 5.41) is 8.65. The lowest BCUT2D eigenvalue weighted by atomic mass is 10.3. The summed E-state index contributed by atoms with van der Waals surface area (Å²) in [7, 11) is -3.72. The first-order chi connectivity index (χ1) is 9.34. The molecule has 0 aliphatic carbocycles. The molecule has 0 fully saturated rings. The molecule has 110 valence electrons. The van der Waals surface area contributed by atoms with Crippen LogP contribution in [0.4, 0.5) is 5.69 Å². The van der Waals surface area contributed by atoms with E-state index in [0.717, 1.165) is 6.20 Å². The number of ether oxygens (including phenoxy) is 1. The van der Waals surface area contributed by atoms with E-state index in [0.29, 0.717) is 0 Å². The molecule has 0 unspecified atom stereocenters. The molecule has 1 aromatic rings. The molecular formula is C11H14N2O6S. The number of hydrogen-bond donors (Lipinski definition) is 2. The third kappa shape index (κ3) is 5.22. The van der Waals surface area contributed by atoms with Crippen molar-refractivity contribution in [1.29, 1.82) is 0 Å². The Labute approximate surface area is 115 Å². The number of rotatable bonds is 7. The summed E-state index contributed by atoms with van der Waals surface area (Å²) in [5.74, 6) is -2.23. The Morgan fingerprint density at radius 1 is 1.40 bits per heavy atom. The molecule has 0 radical (unpaired) electrons. The van der Waals surface area contributed by atoms with Gasteiger partial charge in [-0.05, 0) is 19.1 Å². The Morgan fingerprint density at radius 2 is 2.10 bits per heavy atom. The third-order valence-electron chi connectivity index (χ3n) is 2.14. The fourth-order valence-electron chi connectivity index (χ4n) is 1.26. The summed E-state index contributed by atoms with van der Waals surface area (Å²) >= 11 is 0. The van der Waals surface area contributed by atoms with Gasteiger partial charge in [-0.2, -0.15) is 0 Å². The molecule has 0 saturated carbocycles. The molecule has 0 spiro atoms. The van der Waals surface area contributed by atoms with Crippen molar-refractivity contribution in [3.8, 4) is 0 Å². The van der Waals surface area contributed by atoms with Crippen molar-refractivity contribution in [2.24, 2.45) is 0 Å². The normalized spacial score (nSPS) is 10.8. The van der Waals surface area contributed by atoms with Gasteiger partial charge < -0.3 is 9.84 Å².